The van der Waals surface area contributed by atoms with Crippen molar-refractivity contribution in [3.05, 3.63) is 0 Å². The van der Waals surface area contributed by atoms with Crippen molar-refractivity contribution in [1.82, 2.24) is 5.32 Å². The molecule has 13 heavy (non-hydrogen) atoms. The van der Waals surface area contributed by atoms with Gasteiger partial charge in [0, 0.05) is 13.0 Å². The molecule has 1 heterocycles. The molecule has 1 unspecified atom stereocenters. The van der Waals surface area contributed by atoms with Gasteiger partial charge in [0.25, 0.3) is 0 Å². The van der Waals surface area contributed by atoms with E-state index in [1.165, 1.54) is 32.1 Å². The lowest BCUT2D eigenvalue weighted by Gasteiger charge is -2.11. The SMILES string of the molecule is CCCCCC1CCNC(=O)CC1. The third-order valence-corrected chi connectivity index (χ3v) is 2.87. The summed E-state index contributed by atoms with van der Waals surface area (Å²) in [6, 6.07) is 0. The molecule has 0 bridgehead atoms. The minimum absolute atomic E-state index is 0.248. The third-order valence-electron chi connectivity index (χ3n) is 2.87. The van der Waals surface area contributed by atoms with Gasteiger partial charge in [-0.2, -0.15) is 0 Å². The first-order chi connectivity index (χ1) is 6.33. The van der Waals surface area contributed by atoms with Gasteiger partial charge in [-0.1, -0.05) is 32.6 Å². The summed E-state index contributed by atoms with van der Waals surface area (Å²) >= 11 is 0. The van der Waals surface area contributed by atoms with Crippen molar-refractivity contribution >= 4 is 5.91 Å². The summed E-state index contributed by atoms with van der Waals surface area (Å²) in [4.78, 5) is 11.0. The topological polar surface area (TPSA) is 29.1 Å². The molecule has 1 rings (SSSR count). The maximum absolute atomic E-state index is 11.0. The minimum atomic E-state index is 0.248. The number of rotatable bonds is 4. The van der Waals surface area contributed by atoms with Crippen molar-refractivity contribution in [2.45, 2.75) is 51.9 Å². The van der Waals surface area contributed by atoms with Gasteiger partial charge in [-0.25, -0.2) is 0 Å². The van der Waals surface area contributed by atoms with E-state index in [1.807, 2.05) is 0 Å². The number of nitrogens with one attached hydrogen (secondary N) is 1. The molecule has 0 spiro atoms. The van der Waals surface area contributed by atoms with Crippen molar-refractivity contribution in [3.8, 4) is 0 Å². The lowest BCUT2D eigenvalue weighted by molar-refractivity contribution is -0.120. The zero-order chi connectivity index (χ0) is 9.52. The van der Waals surface area contributed by atoms with Crippen LogP contribution < -0.4 is 5.32 Å². The molecule has 1 amide bonds. The molecule has 1 aliphatic rings. The van der Waals surface area contributed by atoms with Crippen LogP contribution in [0.2, 0.25) is 0 Å². The van der Waals surface area contributed by atoms with Crippen molar-refractivity contribution in [1.29, 1.82) is 0 Å². The molecule has 0 aromatic heterocycles. The van der Waals surface area contributed by atoms with Crippen LogP contribution in [0.4, 0.5) is 0 Å². The number of carbonyl (C=O) groups is 1. The average molecular weight is 183 g/mol. The Bertz CT molecular complexity index is 156. The lowest BCUT2D eigenvalue weighted by Crippen LogP contribution is -2.21. The van der Waals surface area contributed by atoms with Crippen molar-refractivity contribution in [2.75, 3.05) is 6.54 Å². The van der Waals surface area contributed by atoms with Gasteiger partial charge in [0.15, 0.2) is 0 Å². The fourth-order valence-corrected chi connectivity index (χ4v) is 1.96. The Morgan fingerprint density at radius 2 is 2.23 bits per heavy atom. The zero-order valence-electron chi connectivity index (χ0n) is 8.64. The molecule has 0 aromatic carbocycles. The quantitative estimate of drug-likeness (QED) is 0.666. The molecular formula is C11H21NO. The lowest BCUT2D eigenvalue weighted by atomic mass is 9.94. The standard InChI is InChI=1S/C11H21NO/c1-2-3-4-5-10-6-7-11(13)12-9-8-10/h10H,2-9H2,1H3,(H,12,13). The molecular weight excluding hydrogens is 162 g/mol. The molecule has 76 valence electrons. The first-order valence-corrected chi connectivity index (χ1v) is 5.59. The highest BCUT2D eigenvalue weighted by molar-refractivity contribution is 5.76. The fraction of sp³-hybridized carbons (Fsp3) is 0.909. The van der Waals surface area contributed by atoms with Crippen LogP contribution in [0.1, 0.15) is 51.9 Å². The maximum Gasteiger partial charge on any atom is 0.220 e. The van der Waals surface area contributed by atoms with E-state index in [1.54, 1.807) is 0 Å². The Hall–Kier alpha value is -0.530. The molecule has 2 nitrogen and oxygen atoms in total. The van der Waals surface area contributed by atoms with E-state index in [2.05, 4.69) is 12.2 Å². The Balaban J connectivity index is 2.14. The third kappa shape index (κ3) is 4.30. The van der Waals surface area contributed by atoms with E-state index in [-0.39, 0.29) is 5.91 Å². The summed E-state index contributed by atoms with van der Waals surface area (Å²) in [6.45, 7) is 3.13. The second-order valence-corrected chi connectivity index (χ2v) is 4.04. The summed E-state index contributed by atoms with van der Waals surface area (Å²) in [5.41, 5.74) is 0. The molecule has 0 aliphatic carbocycles. The van der Waals surface area contributed by atoms with Crippen molar-refractivity contribution in [2.24, 2.45) is 5.92 Å². The van der Waals surface area contributed by atoms with Crippen LogP contribution in [0.15, 0.2) is 0 Å². The first kappa shape index (κ1) is 10.6. The van der Waals surface area contributed by atoms with E-state index >= 15 is 0 Å². The zero-order valence-corrected chi connectivity index (χ0v) is 8.64. The smallest absolute Gasteiger partial charge is 0.220 e. The van der Waals surface area contributed by atoms with Gasteiger partial charge >= 0.3 is 0 Å². The van der Waals surface area contributed by atoms with Crippen LogP contribution in [0, 0.1) is 5.92 Å². The molecule has 1 aliphatic heterocycles. The average Bonchev–Trinajstić information content (AvgIpc) is 2.32. The molecule has 1 N–H and O–H groups in total. The Morgan fingerprint density at radius 1 is 1.38 bits per heavy atom. The highest BCUT2D eigenvalue weighted by atomic mass is 16.1. The molecule has 1 saturated heterocycles. The predicted molar refractivity (Wildman–Crippen MR) is 54.5 cm³/mol. The summed E-state index contributed by atoms with van der Waals surface area (Å²) in [7, 11) is 0. The van der Waals surface area contributed by atoms with E-state index < -0.39 is 0 Å². The highest BCUT2D eigenvalue weighted by Gasteiger charge is 2.14. The molecule has 1 fully saturated rings. The Labute approximate surface area is 81.1 Å². The Kier molecular flexibility index (Phi) is 4.87. The molecule has 0 radical (unpaired) electrons. The van der Waals surface area contributed by atoms with E-state index in [4.69, 9.17) is 0 Å². The number of hydrogen-bond acceptors (Lipinski definition) is 1. The monoisotopic (exact) mass is 183 g/mol. The van der Waals surface area contributed by atoms with E-state index in [9.17, 15) is 4.79 Å². The number of hydrogen-bond donors (Lipinski definition) is 1. The van der Waals surface area contributed by atoms with Gasteiger partial charge < -0.3 is 5.32 Å². The molecule has 2 heteroatoms. The number of carbonyl (C=O) groups excluding carboxylic acids is 1. The maximum atomic E-state index is 11.0. The normalized spacial score (nSPS) is 23.8. The molecule has 0 saturated carbocycles. The van der Waals surface area contributed by atoms with Crippen LogP contribution in [0.25, 0.3) is 0 Å². The van der Waals surface area contributed by atoms with E-state index in [0.717, 1.165) is 25.3 Å². The minimum Gasteiger partial charge on any atom is -0.356 e. The van der Waals surface area contributed by atoms with Crippen LogP contribution in [0.5, 0.6) is 0 Å². The number of unbranched alkanes of at least 4 members (excludes halogenated alkanes) is 2. The highest BCUT2D eigenvalue weighted by Crippen LogP contribution is 2.20. The second-order valence-electron chi connectivity index (χ2n) is 4.04. The van der Waals surface area contributed by atoms with Gasteiger partial charge in [-0.05, 0) is 18.8 Å². The van der Waals surface area contributed by atoms with Gasteiger partial charge in [-0.3, -0.25) is 4.79 Å². The van der Waals surface area contributed by atoms with Crippen molar-refractivity contribution in [3.63, 3.8) is 0 Å². The largest absolute Gasteiger partial charge is 0.356 e. The molecule has 1 atom stereocenters. The van der Waals surface area contributed by atoms with E-state index in [0.29, 0.717) is 0 Å². The second kappa shape index (κ2) is 6.01. The predicted octanol–water partition coefficient (Wildman–Crippen LogP) is 2.48. The first-order valence-electron chi connectivity index (χ1n) is 5.59. The summed E-state index contributed by atoms with van der Waals surface area (Å²) in [6.07, 6.45) is 8.35. The van der Waals surface area contributed by atoms with Gasteiger partial charge in [0.1, 0.15) is 0 Å². The van der Waals surface area contributed by atoms with Gasteiger partial charge in [-0.15, -0.1) is 0 Å². The molecule has 0 aromatic rings. The fourth-order valence-electron chi connectivity index (χ4n) is 1.96. The van der Waals surface area contributed by atoms with Crippen molar-refractivity contribution < 1.29 is 4.79 Å². The van der Waals surface area contributed by atoms with Crippen LogP contribution >= 0.6 is 0 Å². The van der Waals surface area contributed by atoms with Crippen LogP contribution in [-0.2, 0) is 4.79 Å². The van der Waals surface area contributed by atoms with Gasteiger partial charge in [0.2, 0.25) is 5.91 Å². The van der Waals surface area contributed by atoms with Crippen LogP contribution in [0.3, 0.4) is 0 Å². The summed E-state index contributed by atoms with van der Waals surface area (Å²) in [5, 5.41) is 2.93. The number of amides is 1. The summed E-state index contributed by atoms with van der Waals surface area (Å²) in [5.74, 6) is 1.04. The Morgan fingerprint density at radius 3 is 3.00 bits per heavy atom. The summed E-state index contributed by atoms with van der Waals surface area (Å²) < 4.78 is 0. The van der Waals surface area contributed by atoms with Crippen LogP contribution in [-0.4, -0.2) is 12.5 Å². The van der Waals surface area contributed by atoms with Gasteiger partial charge in [0.05, 0.1) is 0 Å².